The Hall–Kier alpha value is -2.65. The number of methoxy groups -OCH3 is 1. The monoisotopic (exact) mass is 446 g/mol. The third-order valence-corrected chi connectivity index (χ3v) is 7.50. The van der Waals surface area contributed by atoms with Crippen LogP contribution in [0.2, 0.25) is 0 Å². The van der Waals surface area contributed by atoms with Crippen LogP contribution < -0.4 is 15.0 Å². The molecule has 1 aromatic carbocycles. The maximum atomic E-state index is 12.8. The molecule has 9 heteroatoms. The molecule has 1 aliphatic rings. The van der Waals surface area contributed by atoms with Crippen molar-refractivity contribution in [3.05, 3.63) is 47.7 Å². The highest BCUT2D eigenvalue weighted by atomic mass is 32.2. The van der Waals surface area contributed by atoms with Crippen LogP contribution in [0.15, 0.2) is 41.4 Å². The molecule has 8 nitrogen and oxygen atoms in total. The number of pyridine rings is 1. The number of hydrogen-bond acceptors (Lipinski definition) is 6. The van der Waals surface area contributed by atoms with Gasteiger partial charge in [0.1, 0.15) is 11.6 Å². The largest absolute Gasteiger partial charge is 0.496 e. The number of carbonyl (C=O) groups is 1. The molecule has 0 spiro atoms. The second kappa shape index (κ2) is 10.1. The van der Waals surface area contributed by atoms with Crippen LogP contribution in [0, 0.1) is 0 Å². The molecule has 31 heavy (non-hydrogen) atoms. The summed E-state index contributed by atoms with van der Waals surface area (Å²) in [4.78, 5) is 19.6. The summed E-state index contributed by atoms with van der Waals surface area (Å²) in [5, 5.41) is 2.83. The first-order chi connectivity index (χ1) is 14.9. The first-order valence-electron chi connectivity index (χ1n) is 10.6. The van der Waals surface area contributed by atoms with Crippen LogP contribution in [0.1, 0.15) is 42.6 Å². The summed E-state index contributed by atoms with van der Waals surface area (Å²) in [5.74, 6) is 0.860. The highest BCUT2D eigenvalue weighted by molar-refractivity contribution is 7.89. The second-order valence-electron chi connectivity index (χ2n) is 7.35. The summed E-state index contributed by atoms with van der Waals surface area (Å²) in [6, 6.07) is 8.25. The van der Waals surface area contributed by atoms with Gasteiger partial charge in [-0.3, -0.25) is 4.79 Å². The number of carbonyl (C=O) groups excluding carboxylic acids is 1. The van der Waals surface area contributed by atoms with E-state index in [-0.39, 0.29) is 17.0 Å². The number of nitrogens with one attached hydrogen (secondary N) is 1. The molecular formula is C22H30N4O4S. The van der Waals surface area contributed by atoms with Gasteiger partial charge in [-0.1, -0.05) is 19.9 Å². The van der Waals surface area contributed by atoms with Crippen molar-refractivity contribution >= 4 is 21.7 Å². The Kier molecular flexibility index (Phi) is 7.50. The van der Waals surface area contributed by atoms with E-state index in [4.69, 9.17) is 4.74 Å². The summed E-state index contributed by atoms with van der Waals surface area (Å²) >= 11 is 0. The number of hydrogen-bond donors (Lipinski definition) is 1. The van der Waals surface area contributed by atoms with E-state index < -0.39 is 15.9 Å². The minimum atomic E-state index is -3.68. The van der Waals surface area contributed by atoms with Gasteiger partial charge in [0.15, 0.2) is 0 Å². The SMILES string of the molecule is CCN(CC)S(=O)(=O)c1ccc(OC)c(C(=O)NCc2ccc(N3CCCC3)nc2)c1. The number of amides is 1. The van der Waals surface area contributed by atoms with Crippen molar-refractivity contribution < 1.29 is 17.9 Å². The highest BCUT2D eigenvalue weighted by Crippen LogP contribution is 2.25. The lowest BCUT2D eigenvalue weighted by atomic mass is 10.2. The number of rotatable bonds is 9. The first-order valence-corrected chi connectivity index (χ1v) is 12.0. The molecule has 0 aliphatic carbocycles. The molecule has 2 aromatic rings. The molecule has 3 rings (SSSR count). The van der Waals surface area contributed by atoms with E-state index in [1.54, 1.807) is 20.0 Å². The van der Waals surface area contributed by atoms with Gasteiger partial charge < -0.3 is 15.0 Å². The molecule has 1 fully saturated rings. The van der Waals surface area contributed by atoms with E-state index in [1.165, 1.54) is 42.5 Å². The topological polar surface area (TPSA) is 91.8 Å². The lowest BCUT2D eigenvalue weighted by molar-refractivity contribution is 0.0947. The molecule has 168 valence electrons. The van der Waals surface area contributed by atoms with Gasteiger partial charge in [0, 0.05) is 38.9 Å². The van der Waals surface area contributed by atoms with Crippen LogP contribution in [0.5, 0.6) is 5.75 Å². The van der Waals surface area contributed by atoms with Crippen molar-refractivity contribution in [2.75, 3.05) is 38.2 Å². The van der Waals surface area contributed by atoms with E-state index in [9.17, 15) is 13.2 Å². The smallest absolute Gasteiger partial charge is 0.255 e. The van der Waals surface area contributed by atoms with E-state index in [2.05, 4.69) is 15.2 Å². The van der Waals surface area contributed by atoms with Gasteiger partial charge in [0.05, 0.1) is 17.6 Å². The third-order valence-electron chi connectivity index (χ3n) is 5.45. The standard InChI is InChI=1S/C22H30N4O4S/c1-4-26(5-2)31(28,29)18-9-10-20(30-3)19(14-18)22(27)24-16-17-8-11-21(23-15-17)25-12-6-7-13-25/h8-11,14-15H,4-7,12-13,16H2,1-3H3,(H,24,27). The maximum Gasteiger partial charge on any atom is 0.255 e. The number of sulfonamides is 1. The Bertz CT molecular complexity index is 999. The fourth-order valence-electron chi connectivity index (χ4n) is 3.67. The van der Waals surface area contributed by atoms with Gasteiger partial charge >= 0.3 is 0 Å². The number of ether oxygens (including phenoxy) is 1. The molecule has 1 saturated heterocycles. The highest BCUT2D eigenvalue weighted by Gasteiger charge is 2.24. The lowest BCUT2D eigenvalue weighted by Crippen LogP contribution is -2.31. The molecule has 2 heterocycles. The number of anilines is 1. The van der Waals surface area contributed by atoms with Gasteiger partial charge in [-0.05, 0) is 42.7 Å². The van der Waals surface area contributed by atoms with Crippen molar-refractivity contribution in [3.8, 4) is 5.75 Å². The van der Waals surface area contributed by atoms with Crippen molar-refractivity contribution in [3.63, 3.8) is 0 Å². The van der Waals surface area contributed by atoms with Crippen molar-refractivity contribution in [1.29, 1.82) is 0 Å². The van der Waals surface area contributed by atoms with E-state index in [0.717, 1.165) is 24.5 Å². The molecule has 0 bridgehead atoms. The van der Waals surface area contributed by atoms with E-state index >= 15 is 0 Å². The Labute approximate surface area is 184 Å². The number of benzene rings is 1. The minimum Gasteiger partial charge on any atom is -0.496 e. The third kappa shape index (κ3) is 5.16. The zero-order valence-electron chi connectivity index (χ0n) is 18.3. The predicted molar refractivity (Wildman–Crippen MR) is 120 cm³/mol. The van der Waals surface area contributed by atoms with Gasteiger partial charge in [-0.25, -0.2) is 13.4 Å². The van der Waals surface area contributed by atoms with Crippen LogP contribution in [-0.2, 0) is 16.6 Å². The predicted octanol–water partition coefficient (Wildman–Crippen LogP) is 2.65. The van der Waals surface area contributed by atoms with Gasteiger partial charge in [-0.15, -0.1) is 0 Å². The molecule has 1 amide bonds. The first kappa shape index (κ1) is 23.0. The average molecular weight is 447 g/mol. The quantitative estimate of drug-likeness (QED) is 0.637. The molecule has 1 aliphatic heterocycles. The molecule has 1 aromatic heterocycles. The average Bonchev–Trinajstić information content (AvgIpc) is 3.33. The molecule has 1 N–H and O–H groups in total. The van der Waals surface area contributed by atoms with Crippen molar-refractivity contribution in [2.24, 2.45) is 0 Å². The van der Waals surface area contributed by atoms with Gasteiger partial charge in [0.25, 0.3) is 5.91 Å². The number of aromatic nitrogens is 1. The zero-order chi connectivity index (χ0) is 22.4. The Morgan fingerprint density at radius 2 is 1.87 bits per heavy atom. The van der Waals surface area contributed by atoms with Crippen LogP contribution in [0.4, 0.5) is 5.82 Å². The van der Waals surface area contributed by atoms with Crippen molar-refractivity contribution in [1.82, 2.24) is 14.6 Å². The summed E-state index contributed by atoms with van der Waals surface area (Å²) in [6.45, 7) is 6.59. The second-order valence-corrected chi connectivity index (χ2v) is 9.29. The van der Waals surface area contributed by atoms with E-state index in [1.807, 2.05) is 12.1 Å². The normalized spacial score (nSPS) is 14.1. The fourth-order valence-corrected chi connectivity index (χ4v) is 5.15. The van der Waals surface area contributed by atoms with Crippen LogP contribution in [0.3, 0.4) is 0 Å². The minimum absolute atomic E-state index is 0.0683. The lowest BCUT2D eigenvalue weighted by Gasteiger charge is -2.19. The zero-order valence-corrected chi connectivity index (χ0v) is 19.1. The van der Waals surface area contributed by atoms with Gasteiger partial charge in [-0.2, -0.15) is 4.31 Å². The molecule has 0 unspecified atom stereocenters. The number of nitrogens with zero attached hydrogens (tertiary/aromatic N) is 3. The molecule has 0 saturated carbocycles. The summed E-state index contributed by atoms with van der Waals surface area (Å²) < 4.78 is 32.3. The van der Waals surface area contributed by atoms with Crippen molar-refractivity contribution in [2.45, 2.75) is 38.1 Å². The van der Waals surface area contributed by atoms with Crippen LogP contribution >= 0.6 is 0 Å². The van der Waals surface area contributed by atoms with Gasteiger partial charge in [0.2, 0.25) is 10.0 Å². The molecule has 0 radical (unpaired) electrons. The Morgan fingerprint density at radius 3 is 2.45 bits per heavy atom. The molecular weight excluding hydrogens is 416 g/mol. The van der Waals surface area contributed by atoms with E-state index in [0.29, 0.717) is 18.8 Å². The maximum absolute atomic E-state index is 12.8. The summed E-state index contributed by atoms with van der Waals surface area (Å²) in [5.41, 5.74) is 1.04. The summed E-state index contributed by atoms with van der Waals surface area (Å²) in [7, 11) is -2.23. The Balaban J connectivity index is 1.74. The summed E-state index contributed by atoms with van der Waals surface area (Å²) in [6.07, 6.45) is 4.13. The van der Waals surface area contributed by atoms with Crippen LogP contribution in [-0.4, -0.2) is 56.9 Å². The van der Waals surface area contributed by atoms with Crippen LogP contribution in [0.25, 0.3) is 0 Å². The Morgan fingerprint density at radius 1 is 1.16 bits per heavy atom. The molecule has 0 atom stereocenters. The fraction of sp³-hybridized carbons (Fsp3) is 0.455.